The summed E-state index contributed by atoms with van der Waals surface area (Å²) in [6.45, 7) is 19.7. The highest BCUT2D eigenvalue weighted by Crippen LogP contribution is 2.20. The van der Waals surface area contributed by atoms with Crippen LogP contribution in [-0.4, -0.2) is 73.1 Å². The van der Waals surface area contributed by atoms with Crippen LogP contribution in [0.2, 0.25) is 0 Å². The Hall–Kier alpha value is -0.120. The lowest BCUT2D eigenvalue weighted by molar-refractivity contribution is 0.109. The maximum atomic E-state index is 2.70. The molecule has 0 unspecified atom stereocenters. The van der Waals surface area contributed by atoms with Gasteiger partial charge in [0, 0.05) is 51.9 Å². The summed E-state index contributed by atoms with van der Waals surface area (Å²) in [6, 6.07) is 0.730. The van der Waals surface area contributed by atoms with Gasteiger partial charge in [0.15, 0.2) is 0 Å². The van der Waals surface area contributed by atoms with Gasteiger partial charge in [-0.15, -0.1) is 0 Å². The molecule has 3 heteroatoms. The standard InChI is InChI=1S/C16H33N3/c1-14(2)11-17-7-9-18(10-8-17)12-16-5-6-19(13-16)15(3)4/h14-16H,5-13H2,1-4H3/t16-/m0/s1. The van der Waals surface area contributed by atoms with E-state index in [9.17, 15) is 0 Å². The summed E-state index contributed by atoms with van der Waals surface area (Å²) in [5.41, 5.74) is 0. The molecule has 3 nitrogen and oxygen atoms in total. The molecule has 2 saturated heterocycles. The topological polar surface area (TPSA) is 9.72 Å². The molecule has 2 rings (SSSR count). The first-order valence-corrected chi connectivity index (χ1v) is 8.23. The molecule has 2 fully saturated rings. The molecule has 2 heterocycles. The third kappa shape index (κ3) is 4.73. The molecule has 0 N–H and O–H groups in total. The number of hydrogen-bond acceptors (Lipinski definition) is 3. The summed E-state index contributed by atoms with van der Waals surface area (Å²) in [5.74, 6) is 1.72. The third-order valence-corrected chi connectivity index (χ3v) is 4.65. The van der Waals surface area contributed by atoms with Gasteiger partial charge in [0.2, 0.25) is 0 Å². The van der Waals surface area contributed by atoms with Crippen LogP contribution in [0, 0.1) is 11.8 Å². The molecule has 0 radical (unpaired) electrons. The molecular weight excluding hydrogens is 234 g/mol. The predicted octanol–water partition coefficient (Wildman–Crippen LogP) is 1.99. The van der Waals surface area contributed by atoms with Crippen LogP contribution in [0.3, 0.4) is 0 Å². The normalized spacial score (nSPS) is 27.8. The van der Waals surface area contributed by atoms with Crippen LogP contribution in [-0.2, 0) is 0 Å². The average molecular weight is 267 g/mol. The summed E-state index contributed by atoms with van der Waals surface area (Å²) in [6.07, 6.45) is 1.41. The lowest BCUT2D eigenvalue weighted by Crippen LogP contribution is -2.48. The molecule has 0 aromatic rings. The molecule has 0 amide bonds. The minimum atomic E-state index is 0.730. The predicted molar refractivity (Wildman–Crippen MR) is 82.5 cm³/mol. The lowest BCUT2D eigenvalue weighted by Gasteiger charge is -2.36. The number of hydrogen-bond donors (Lipinski definition) is 0. The van der Waals surface area contributed by atoms with Crippen molar-refractivity contribution in [2.75, 3.05) is 52.4 Å². The Morgan fingerprint density at radius 3 is 2.05 bits per heavy atom. The fourth-order valence-corrected chi connectivity index (χ4v) is 3.52. The quantitative estimate of drug-likeness (QED) is 0.754. The van der Waals surface area contributed by atoms with Crippen LogP contribution in [0.1, 0.15) is 34.1 Å². The first kappa shape index (κ1) is 15.3. The highest BCUT2D eigenvalue weighted by atomic mass is 15.3. The van der Waals surface area contributed by atoms with Crippen molar-refractivity contribution in [3.63, 3.8) is 0 Å². The van der Waals surface area contributed by atoms with E-state index < -0.39 is 0 Å². The molecule has 2 aliphatic heterocycles. The monoisotopic (exact) mass is 267 g/mol. The van der Waals surface area contributed by atoms with Gasteiger partial charge in [0.25, 0.3) is 0 Å². The molecular formula is C16H33N3. The Morgan fingerprint density at radius 1 is 0.895 bits per heavy atom. The first-order valence-electron chi connectivity index (χ1n) is 8.23. The van der Waals surface area contributed by atoms with Crippen molar-refractivity contribution >= 4 is 0 Å². The fourth-order valence-electron chi connectivity index (χ4n) is 3.52. The minimum Gasteiger partial charge on any atom is -0.301 e. The molecule has 112 valence electrons. The summed E-state index contributed by atoms with van der Waals surface area (Å²) < 4.78 is 0. The first-order chi connectivity index (χ1) is 9.04. The van der Waals surface area contributed by atoms with E-state index >= 15 is 0 Å². The Bertz CT molecular complexity index is 257. The van der Waals surface area contributed by atoms with Crippen LogP contribution in [0.4, 0.5) is 0 Å². The van der Waals surface area contributed by atoms with Gasteiger partial charge in [0.05, 0.1) is 0 Å². The van der Waals surface area contributed by atoms with Gasteiger partial charge in [-0.05, 0) is 38.6 Å². The summed E-state index contributed by atoms with van der Waals surface area (Å²) in [5, 5.41) is 0. The Balaban J connectivity index is 1.66. The molecule has 1 atom stereocenters. The molecule has 0 spiro atoms. The van der Waals surface area contributed by atoms with E-state index in [0.717, 1.165) is 17.9 Å². The molecule has 0 bridgehead atoms. The SMILES string of the molecule is CC(C)CN1CCN(C[C@@H]2CCN(C(C)C)C2)CC1. The van der Waals surface area contributed by atoms with Gasteiger partial charge in [0.1, 0.15) is 0 Å². The lowest BCUT2D eigenvalue weighted by atomic mass is 10.1. The van der Waals surface area contributed by atoms with E-state index in [2.05, 4.69) is 42.4 Å². The number of likely N-dealkylation sites (tertiary alicyclic amines) is 1. The smallest absolute Gasteiger partial charge is 0.0110 e. The second-order valence-electron chi connectivity index (χ2n) is 7.24. The van der Waals surface area contributed by atoms with Gasteiger partial charge >= 0.3 is 0 Å². The zero-order valence-corrected chi connectivity index (χ0v) is 13.4. The van der Waals surface area contributed by atoms with Crippen molar-refractivity contribution in [3.05, 3.63) is 0 Å². The minimum absolute atomic E-state index is 0.730. The molecule has 0 saturated carbocycles. The van der Waals surface area contributed by atoms with Crippen LogP contribution < -0.4 is 0 Å². The van der Waals surface area contributed by atoms with Crippen molar-refractivity contribution in [2.45, 2.75) is 40.2 Å². The maximum absolute atomic E-state index is 2.70. The zero-order valence-electron chi connectivity index (χ0n) is 13.4. The number of piperazine rings is 1. The van der Waals surface area contributed by atoms with Crippen LogP contribution in [0.15, 0.2) is 0 Å². The highest BCUT2D eigenvalue weighted by Gasteiger charge is 2.27. The highest BCUT2D eigenvalue weighted by molar-refractivity contribution is 4.82. The summed E-state index contributed by atoms with van der Waals surface area (Å²) in [7, 11) is 0. The van der Waals surface area contributed by atoms with Crippen molar-refractivity contribution in [2.24, 2.45) is 11.8 Å². The molecule has 0 aromatic heterocycles. The van der Waals surface area contributed by atoms with E-state index in [0.29, 0.717) is 0 Å². The fraction of sp³-hybridized carbons (Fsp3) is 1.00. The van der Waals surface area contributed by atoms with E-state index in [1.807, 2.05) is 0 Å². The molecule has 0 aliphatic carbocycles. The van der Waals surface area contributed by atoms with E-state index in [1.54, 1.807) is 0 Å². The van der Waals surface area contributed by atoms with Crippen LogP contribution in [0.5, 0.6) is 0 Å². The van der Waals surface area contributed by atoms with Gasteiger partial charge < -0.3 is 14.7 Å². The van der Waals surface area contributed by atoms with Crippen molar-refractivity contribution in [1.29, 1.82) is 0 Å². The molecule has 0 aromatic carbocycles. The maximum Gasteiger partial charge on any atom is 0.0110 e. The molecule has 2 aliphatic rings. The van der Waals surface area contributed by atoms with Crippen molar-refractivity contribution < 1.29 is 0 Å². The molecule has 19 heavy (non-hydrogen) atoms. The number of rotatable bonds is 5. The second kappa shape index (κ2) is 7.05. The van der Waals surface area contributed by atoms with E-state index in [-0.39, 0.29) is 0 Å². The van der Waals surface area contributed by atoms with Crippen LogP contribution >= 0.6 is 0 Å². The summed E-state index contributed by atoms with van der Waals surface area (Å²) >= 11 is 0. The van der Waals surface area contributed by atoms with Gasteiger partial charge in [-0.25, -0.2) is 0 Å². The largest absolute Gasteiger partial charge is 0.301 e. The average Bonchev–Trinajstić information content (AvgIpc) is 2.80. The van der Waals surface area contributed by atoms with E-state index in [1.165, 1.54) is 58.8 Å². The number of nitrogens with zero attached hydrogens (tertiary/aromatic N) is 3. The van der Waals surface area contributed by atoms with Gasteiger partial charge in [-0.3, -0.25) is 0 Å². The Kier molecular flexibility index (Phi) is 5.67. The van der Waals surface area contributed by atoms with Crippen molar-refractivity contribution in [3.8, 4) is 0 Å². The van der Waals surface area contributed by atoms with Crippen molar-refractivity contribution in [1.82, 2.24) is 14.7 Å². The van der Waals surface area contributed by atoms with E-state index in [4.69, 9.17) is 0 Å². The second-order valence-corrected chi connectivity index (χ2v) is 7.24. The third-order valence-electron chi connectivity index (χ3n) is 4.65. The zero-order chi connectivity index (χ0) is 13.8. The van der Waals surface area contributed by atoms with Gasteiger partial charge in [-0.1, -0.05) is 13.8 Å². The summed E-state index contributed by atoms with van der Waals surface area (Å²) in [4.78, 5) is 7.97. The Labute approximate surface area is 119 Å². The van der Waals surface area contributed by atoms with Crippen LogP contribution in [0.25, 0.3) is 0 Å². The van der Waals surface area contributed by atoms with Gasteiger partial charge in [-0.2, -0.15) is 0 Å². The Morgan fingerprint density at radius 2 is 1.53 bits per heavy atom.